The van der Waals surface area contributed by atoms with E-state index in [-0.39, 0.29) is 0 Å². The Balaban J connectivity index is 2.17. The summed E-state index contributed by atoms with van der Waals surface area (Å²) in [5.41, 5.74) is 6.54. The van der Waals surface area contributed by atoms with Gasteiger partial charge in [-0.3, -0.25) is 0 Å². The molecule has 2 unspecified atom stereocenters. The van der Waals surface area contributed by atoms with Gasteiger partial charge in [-0.15, -0.1) is 0 Å². The second-order valence-electron chi connectivity index (χ2n) is 5.99. The lowest BCUT2D eigenvalue weighted by Gasteiger charge is -2.26. The molecule has 1 heterocycles. The van der Waals surface area contributed by atoms with Crippen LogP contribution in [0.3, 0.4) is 0 Å². The minimum atomic E-state index is 0.421. The molecule has 0 spiro atoms. The highest BCUT2D eigenvalue weighted by Crippen LogP contribution is 2.31. The van der Waals surface area contributed by atoms with E-state index in [0.29, 0.717) is 12.0 Å². The Bertz CT molecular complexity index is 552. The first kappa shape index (κ1) is 14.6. The zero-order valence-corrected chi connectivity index (χ0v) is 13.0. The first-order valence-corrected chi connectivity index (χ1v) is 7.34. The first-order valence-electron chi connectivity index (χ1n) is 7.34. The average Bonchev–Trinajstić information content (AvgIpc) is 2.37. The van der Waals surface area contributed by atoms with Crippen LogP contribution in [0, 0.1) is 5.92 Å². The van der Waals surface area contributed by atoms with Crippen LogP contribution in [0.5, 0.6) is 0 Å². The number of hydrogen-bond donors (Lipinski definition) is 1. The summed E-state index contributed by atoms with van der Waals surface area (Å²) in [6, 6.07) is 0.421. The van der Waals surface area contributed by atoms with Gasteiger partial charge in [0.2, 0.25) is 0 Å². The Labute approximate surface area is 123 Å². The molecule has 0 fully saturated rings. The van der Waals surface area contributed by atoms with Crippen molar-refractivity contribution in [3.8, 4) is 0 Å². The highest BCUT2D eigenvalue weighted by atomic mass is 14.9. The molecule has 2 aliphatic rings. The molecule has 20 heavy (non-hydrogen) atoms. The summed E-state index contributed by atoms with van der Waals surface area (Å²) >= 11 is 0. The molecule has 0 aromatic rings. The standard InChI is InChI=1S/C19H25N/c1-13(2)9-14(3)17-7-6-8-18(12-17)19-10-15(4)20-16(5)11-19/h6-11,15,18,20H,1,12H2,2-5H3/b14-9+. The molecule has 0 amide bonds. The van der Waals surface area contributed by atoms with E-state index in [1.54, 1.807) is 0 Å². The van der Waals surface area contributed by atoms with Crippen LogP contribution < -0.4 is 5.32 Å². The molecule has 0 bridgehead atoms. The van der Waals surface area contributed by atoms with Gasteiger partial charge in [0.05, 0.1) is 0 Å². The number of nitrogens with one attached hydrogen (secondary N) is 1. The third-order valence-corrected chi connectivity index (χ3v) is 3.76. The Hall–Kier alpha value is -1.76. The van der Waals surface area contributed by atoms with Crippen LogP contribution >= 0.6 is 0 Å². The zero-order chi connectivity index (χ0) is 14.7. The highest BCUT2D eigenvalue weighted by Gasteiger charge is 2.18. The van der Waals surface area contributed by atoms with Crippen molar-refractivity contribution >= 4 is 0 Å². The van der Waals surface area contributed by atoms with Gasteiger partial charge in [-0.1, -0.05) is 42.5 Å². The normalized spacial score (nSPS) is 26.4. The molecule has 0 radical (unpaired) electrons. The van der Waals surface area contributed by atoms with Crippen LogP contribution in [-0.2, 0) is 0 Å². The largest absolute Gasteiger partial charge is 0.383 e. The molecule has 1 nitrogen and oxygen atoms in total. The van der Waals surface area contributed by atoms with Crippen molar-refractivity contribution in [1.29, 1.82) is 0 Å². The predicted octanol–water partition coefficient (Wildman–Crippen LogP) is 4.83. The smallest absolute Gasteiger partial charge is 0.0418 e. The topological polar surface area (TPSA) is 12.0 Å². The van der Waals surface area contributed by atoms with Gasteiger partial charge in [0.1, 0.15) is 0 Å². The predicted molar refractivity (Wildman–Crippen MR) is 88.3 cm³/mol. The fraction of sp³-hybridized carbons (Fsp3) is 0.368. The maximum atomic E-state index is 3.97. The molecule has 2 atom stereocenters. The molecular formula is C19H25N. The second kappa shape index (κ2) is 6.13. The molecule has 0 saturated carbocycles. The van der Waals surface area contributed by atoms with E-state index in [9.17, 15) is 0 Å². The van der Waals surface area contributed by atoms with Gasteiger partial charge >= 0.3 is 0 Å². The average molecular weight is 267 g/mol. The molecule has 0 saturated heterocycles. The Morgan fingerprint density at radius 3 is 2.80 bits per heavy atom. The van der Waals surface area contributed by atoms with Gasteiger partial charge in [0.15, 0.2) is 0 Å². The number of hydrogen-bond acceptors (Lipinski definition) is 1. The van der Waals surface area contributed by atoms with E-state index in [4.69, 9.17) is 0 Å². The van der Waals surface area contributed by atoms with Crippen molar-refractivity contribution in [2.24, 2.45) is 5.92 Å². The lowest BCUT2D eigenvalue weighted by atomic mass is 9.83. The molecule has 2 rings (SSSR count). The van der Waals surface area contributed by atoms with Crippen LogP contribution in [0.15, 0.2) is 71.0 Å². The van der Waals surface area contributed by atoms with Crippen LogP contribution in [0.4, 0.5) is 0 Å². The van der Waals surface area contributed by atoms with E-state index < -0.39 is 0 Å². The lowest BCUT2D eigenvalue weighted by molar-refractivity contribution is 0.673. The SMILES string of the molecule is C=C(C)/C=C(\C)C1=CC=CC(C2=CC(C)NC(C)=C2)C1. The van der Waals surface area contributed by atoms with Gasteiger partial charge in [-0.2, -0.15) is 0 Å². The maximum Gasteiger partial charge on any atom is 0.0418 e. The highest BCUT2D eigenvalue weighted by molar-refractivity contribution is 5.43. The van der Waals surface area contributed by atoms with Crippen molar-refractivity contribution in [1.82, 2.24) is 5.32 Å². The van der Waals surface area contributed by atoms with Gasteiger partial charge in [0.25, 0.3) is 0 Å². The van der Waals surface area contributed by atoms with Crippen molar-refractivity contribution in [3.63, 3.8) is 0 Å². The molecule has 1 aliphatic heterocycles. The summed E-state index contributed by atoms with van der Waals surface area (Å²) in [5.74, 6) is 0.489. The maximum absolute atomic E-state index is 3.97. The molecular weight excluding hydrogens is 242 g/mol. The van der Waals surface area contributed by atoms with Crippen molar-refractivity contribution in [2.45, 2.75) is 40.2 Å². The monoisotopic (exact) mass is 267 g/mol. The van der Waals surface area contributed by atoms with E-state index >= 15 is 0 Å². The van der Waals surface area contributed by atoms with Gasteiger partial charge < -0.3 is 5.32 Å². The molecule has 106 valence electrons. The third kappa shape index (κ3) is 3.63. The summed E-state index contributed by atoms with van der Waals surface area (Å²) in [5, 5.41) is 3.43. The van der Waals surface area contributed by atoms with E-state index in [2.05, 4.69) is 69.1 Å². The summed E-state index contributed by atoms with van der Waals surface area (Å²) < 4.78 is 0. The molecule has 1 aliphatic carbocycles. The van der Waals surface area contributed by atoms with Crippen LogP contribution in [0.1, 0.15) is 34.1 Å². The number of rotatable bonds is 3. The third-order valence-electron chi connectivity index (χ3n) is 3.76. The zero-order valence-electron chi connectivity index (χ0n) is 13.0. The fourth-order valence-electron chi connectivity index (χ4n) is 2.92. The molecule has 0 aromatic carbocycles. The molecule has 0 aromatic heterocycles. The minimum absolute atomic E-state index is 0.421. The van der Waals surface area contributed by atoms with Crippen LogP contribution in [0.2, 0.25) is 0 Å². The van der Waals surface area contributed by atoms with Gasteiger partial charge in [-0.05, 0) is 56.9 Å². The van der Waals surface area contributed by atoms with Crippen molar-refractivity contribution < 1.29 is 0 Å². The van der Waals surface area contributed by atoms with Gasteiger partial charge in [-0.25, -0.2) is 0 Å². The quantitative estimate of drug-likeness (QED) is 0.722. The lowest BCUT2D eigenvalue weighted by Crippen LogP contribution is -2.26. The van der Waals surface area contributed by atoms with Crippen LogP contribution in [-0.4, -0.2) is 6.04 Å². The summed E-state index contributed by atoms with van der Waals surface area (Å²) in [4.78, 5) is 0. The second-order valence-corrected chi connectivity index (χ2v) is 5.99. The number of dihydropyridines is 1. The van der Waals surface area contributed by atoms with E-state index in [1.165, 1.54) is 22.4 Å². The Kier molecular flexibility index (Phi) is 4.49. The van der Waals surface area contributed by atoms with Crippen molar-refractivity contribution in [3.05, 3.63) is 71.0 Å². The molecule has 1 heteroatoms. The summed E-state index contributed by atoms with van der Waals surface area (Å²) in [6.07, 6.45) is 14.6. The van der Waals surface area contributed by atoms with Crippen LogP contribution in [0.25, 0.3) is 0 Å². The van der Waals surface area contributed by atoms with Crippen molar-refractivity contribution in [2.75, 3.05) is 0 Å². The number of allylic oxidation sites excluding steroid dienone is 10. The summed E-state index contributed by atoms with van der Waals surface area (Å²) in [7, 11) is 0. The van der Waals surface area contributed by atoms with E-state index in [1.807, 2.05) is 6.92 Å². The van der Waals surface area contributed by atoms with E-state index in [0.717, 1.165) is 12.0 Å². The summed E-state index contributed by atoms with van der Waals surface area (Å²) in [6.45, 7) is 12.5. The fourth-order valence-corrected chi connectivity index (χ4v) is 2.92. The Morgan fingerprint density at radius 1 is 1.40 bits per heavy atom. The molecule has 1 N–H and O–H groups in total. The minimum Gasteiger partial charge on any atom is -0.383 e. The Morgan fingerprint density at radius 2 is 2.15 bits per heavy atom. The first-order chi connectivity index (χ1) is 9.45. The van der Waals surface area contributed by atoms with Gasteiger partial charge in [0, 0.05) is 17.7 Å².